The zero-order valence-corrected chi connectivity index (χ0v) is 13.1. The second kappa shape index (κ2) is 6.91. The average molecular weight is 357 g/mol. The lowest BCUT2D eigenvalue weighted by Gasteiger charge is -2.19. The maximum Gasteiger partial charge on any atom is 0.336 e. The topological polar surface area (TPSA) is 87.7 Å². The molecule has 2 unspecified atom stereocenters. The molecular formula is C14H17BrN2O4. The SMILES string of the molecule is CC(NC(=O)Nc1ccc(Br)c(C(=O)O)c1)C1CCOC1. The fraction of sp³-hybridized carbons (Fsp3) is 0.429. The van der Waals surface area contributed by atoms with Gasteiger partial charge in [-0.25, -0.2) is 9.59 Å². The summed E-state index contributed by atoms with van der Waals surface area (Å²) in [5.74, 6) is -0.738. The van der Waals surface area contributed by atoms with Gasteiger partial charge < -0.3 is 20.5 Å². The Labute approximate surface area is 131 Å². The van der Waals surface area contributed by atoms with Crippen molar-refractivity contribution in [1.29, 1.82) is 0 Å². The lowest BCUT2D eigenvalue weighted by molar-refractivity contribution is 0.0696. The number of urea groups is 1. The molecule has 2 rings (SSSR count). The van der Waals surface area contributed by atoms with Crippen LogP contribution in [0.4, 0.5) is 10.5 Å². The van der Waals surface area contributed by atoms with Crippen molar-refractivity contribution in [3.63, 3.8) is 0 Å². The van der Waals surface area contributed by atoms with Crippen LogP contribution in [0, 0.1) is 5.92 Å². The van der Waals surface area contributed by atoms with Crippen LogP contribution in [0.25, 0.3) is 0 Å². The molecule has 0 aromatic heterocycles. The minimum atomic E-state index is -1.05. The first-order valence-corrected chi connectivity index (χ1v) is 7.45. The Kier molecular flexibility index (Phi) is 5.19. The third-order valence-corrected chi connectivity index (χ3v) is 4.18. The number of aromatic carboxylic acids is 1. The molecule has 0 saturated carbocycles. The third kappa shape index (κ3) is 4.18. The largest absolute Gasteiger partial charge is 0.478 e. The van der Waals surface area contributed by atoms with E-state index in [4.69, 9.17) is 9.84 Å². The van der Waals surface area contributed by atoms with Gasteiger partial charge in [0.2, 0.25) is 0 Å². The molecule has 1 aliphatic rings. The maximum absolute atomic E-state index is 11.9. The molecule has 6 nitrogen and oxygen atoms in total. The molecule has 1 fully saturated rings. The molecule has 1 heterocycles. The van der Waals surface area contributed by atoms with Gasteiger partial charge in [-0.3, -0.25) is 0 Å². The number of nitrogens with one attached hydrogen (secondary N) is 2. The number of hydrogen-bond donors (Lipinski definition) is 3. The Hall–Kier alpha value is -1.60. The number of benzene rings is 1. The molecule has 1 saturated heterocycles. The fourth-order valence-electron chi connectivity index (χ4n) is 2.21. The number of ether oxygens (including phenoxy) is 1. The van der Waals surface area contributed by atoms with Crippen molar-refractivity contribution < 1.29 is 19.4 Å². The van der Waals surface area contributed by atoms with Gasteiger partial charge in [0.05, 0.1) is 12.2 Å². The average Bonchev–Trinajstić information content (AvgIpc) is 2.94. The zero-order valence-electron chi connectivity index (χ0n) is 11.6. The summed E-state index contributed by atoms with van der Waals surface area (Å²) in [5, 5.41) is 14.5. The molecule has 2 amide bonds. The molecule has 0 spiro atoms. The molecular weight excluding hydrogens is 340 g/mol. The number of anilines is 1. The maximum atomic E-state index is 11.9. The summed E-state index contributed by atoms with van der Waals surface area (Å²) >= 11 is 3.16. The van der Waals surface area contributed by atoms with Gasteiger partial charge in [-0.05, 0) is 47.5 Å². The molecule has 2 atom stereocenters. The van der Waals surface area contributed by atoms with Crippen LogP contribution in [-0.4, -0.2) is 36.4 Å². The van der Waals surface area contributed by atoms with Crippen LogP contribution in [-0.2, 0) is 4.74 Å². The van der Waals surface area contributed by atoms with Crippen molar-refractivity contribution in [3.05, 3.63) is 28.2 Å². The van der Waals surface area contributed by atoms with Gasteiger partial charge in [0.15, 0.2) is 0 Å². The van der Waals surface area contributed by atoms with Gasteiger partial charge in [0.25, 0.3) is 0 Å². The summed E-state index contributed by atoms with van der Waals surface area (Å²) < 4.78 is 5.76. The zero-order chi connectivity index (χ0) is 15.4. The van der Waals surface area contributed by atoms with Gasteiger partial charge in [0.1, 0.15) is 0 Å². The summed E-state index contributed by atoms with van der Waals surface area (Å²) in [6, 6.07) is 4.29. The van der Waals surface area contributed by atoms with Gasteiger partial charge in [-0.1, -0.05) is 0 Å². The van der Waals surface area contributed by atoms with Crippen molar-refractivity contribution in [2.45, 2.75) is 19.4 Å². The van der Waals surface area contributed by atoms with E-state index in [2.05, 4.69) is 26.6 Å². The van der Waals surface area contributed by atoms with Gasteiger partial charge in [-0.15, -0.1) is 0 Å². The fourth-order valence-corrected chi connectivity index (χ4v) is 2.62. The van der Waals surface area contributed by atoms with E-state index >= 15 is 0 Å². The number of carbonyl (C=O) groups excluding carboxylic acids is 1. The van der Waals surface area contributed by atoms with Crippen molar-refractivity contribution >= 4 is 33.6 Å². The molecule has 114 valence electrons. The third-order valence-electron chi connectivity index (χ3n) is 3.49. The highest BCUT2D eigenvalue weighted by Gasteiger charge is 2.23. The summed E-state index contributed by atoms with van der Waals surface area (Å²) in [7, 11) is 0. The van der Waals surface area contributed by atoms with Crippen LogP contribution in [0.2, 0.25) is 0 Å². The van der Waals surface area contributed by atoms with E-state index in [9.17, 15) is 9.59 Å². The quantitative estimate of drug-likeness (QED) is 0.773. The standard InChI is InChI=1S/C14H17BrN2O4/c1-8(9-4-5-21-7-9)16-14(20)17-10-2-3-12(15)11(6-10)13(18)19/h2-3,6,8-9H,4-5,7H2,1H3,(H,18,19)(H2,16,17,20). The Morgan fingerprint density at radius 2 is 2.24 bits per heavy atom. The summed E-state index contributed by atoms with van der Waals surface area (Å²) in [6.45, 7) is 3.32. The van der Waals surface area contributed by atoms with Crippen LogP contribution in [0.5, 0.6) is 0 Å². The van der Waals surface area contributed by atoms with E-state index in [0.717, 1.165) is 13.0 Å². The number of carboxylic acid groups (broad SMARTS) is 1. The lowest BCUT2D eigenvalue weighted by atomic mass is 10.0. The molecule has 7 heteroatoms. The van der Waals surface area contributed by atoms with Crippen LogP contribution >= 0.6 is 15.9 Å². The Morgan fingerprint density at radius 3 is 2.86 bits per heavy atom. The minimum Gasteiger partial charge on any atom is -0.478 e. The van der Waals surface area contributed by atoms with E-state index < -0.39 is 5.97 Å². The molecule has 3 N–H and O–H groups in total. The van der Waals surface area contributed by atoms with Gasteiger partial charge >= 0.3 is 12.0 Å². The molecule has 0 aliphatic carbocycles. The summed E-state index contributed by atoms with van der Waals surface area (Å²) in [4.78, 5) is 23.0. The Balaban J connectivity index is 1.96. The number of hydrogen-bond acceptors (Lipinski definition) is 3. The van der Waals surface area contributed by atoms with Crippen LogP contribution in [0.1, 0.15) is 23.7 Å². The number of rotatable bonds is 4. The smallest absolute Gasteiger partial charge is 0.336 e. The highest BCUT2D eigenvalue weighted by atomic mass is 79.9. The summed E-state index contributed by atoms with van der Waals surface area (Å²) in [6.07, 6.45) is 0.933. The number of halogens is 1. The first kappa shape index (κ1) is 15.8. The van der Waals surface area contributed by atoms with Crippen molar-refractivity contribution in [3.8, 4) is 0 Å². The number of amides is 2. The summed E-state index contributed by atoms with van der Waals surface area (Å²) in [5.41, 5.74) is 0.535. The highest BCUT2D eigenvalue weighted by molar-refractivity contribution is 9.10. The van der Waals surface area contributed by atoms with Crippen LogP contribution in [0.15, 0.2) is 22.7 Å². The van der Waals surface area contributed by atoms with E-state index in [1.165, 1.54) is 6.07 Å². The molecule has 0 radical (unpaired) electrons. The normalized spacial score (nSPS) is 19.0. The predicted molar refractivity (Wildman–Crippen MR) is 81.6 cm³/mol. The molecule has 1 aromatic rings. The van der Waals surface area contributed by atoms with Crippen LogP contribution in [0.3, 0.4) is 0 Å². The molecule has 1 aliphatic heterocycles. The van der Waals surface area contributed by atoms with E-state index in [1.807, 2.05) is 6.92 Å². The molecule has 1 aromatic carbocycles. The Morgan fingerprint density at radius 1 is 1.48 bits per heavy atom. The second-order valence-electron chi connectivity index (χ2n) is 5.01. The first-order chi connectivity index (χ1) is 9.97. The van der Waals surface area contributed by atoms with E-state index in [0.29, 0.717) is 22.7 Å². The van der Waals surface area contributed by atoms with Crippen molar-refractivity contribution in [2.75, 3.05) is 18.5 Å². The second-order valence-corrected chi connectivity index (χ2v) is 5.86. The van der Waals surface area contributed by atoms with Crippen molar-refractivity contribution in [1.82, 2.24) is 5.32 Å². The molecule has 0 bridgehead atoms. The van der Waals surface area contributed by atoms with Crippen LogP contribution < -0.4 is 10.6 Å². The van der Waals surface area contributed by atoms with Crippen molar-refractivity contribution in [2.24, 2.45) is 5.92 Å². The van der Waals surface area contributed by atoms with E-state index in [-0.39, 0.29) is 17.6 Å². The van der Waals surface area contributed by atoms with Gasteiger partial charge in [-0.2, -0.15) is 0 Å². The minimum absolute atomic E-state index is 0.00175. The molecule has 21 heavy (non-hydrogen) atoms. The Bertz CT molecular complexity index is 544. The number of carbonyl (C=O) groups is 2. The van der Waals surface area contributed by atoms with Gasteiger partial charge in [0, 0.05) is 28.7 Å². The monoisotopic (exact) mass is 356 g/mol. The number of carboxylic acids is 1. The lowest BCUT2D eigenvalue weighted by Crippen LogP contribution is -2.40. The highest BCUT2D eigenvalue weighted by Crippen LogP contribution is 2.21. The van der Waals surface area contributed by atoms with E-state index in [1.54, 1.807) is 12.1 Å². The predicted octanol–water partition coefficient (Wildman–Crippen LogP) is 2.69. The first-order valence-electron chi connectivity index (χ1n) is 6.65.